The molecule has 6 nitrogen and oxygen atoms in total. The third kappa shape index (κ3) is 3.65. The number of hydrogen-bond donors (Lipinski definition) is 0. The van der Waals surface area contributed by atoms with Crippen LogP contribution in [0.1, 0.15) is 29.1 Å². The first-order valence-electron chi connectivity index (χ1n) is 11.1. The highest BCUT2D eigenvalue weighted by Gasteiger charge is 2.32. The van der Waals surface area contributed by atoms with Gasteiger partial charge in [0.25, 0.3) is 5.91 Å². The standard InChI is InChI=1S/C26H21N5OS2/c1-17-23-28-29-24(22-16-34-25(27-22)19-5-3-2-4-6-19)31(23)13-12-30(17)26(32)20-9-7-18(8-10-20)21-11-14-33-15-21/h2-11,14-17H,12-13H2,1H3. The lowest BCUT2D eigenvalue weighted by Gasteiger charge is -2.33. The Balaban J connectivity index is 1.24. The summed E-state index contributed by atoms with van der Waals surface area (Å²) >= 11 is 3.27. The molecule has 0 N–H and O–H groups in total. The molecule has 6 rings (SSSR count). The molecule has 0 saturated carbocycles. The maximum absolute atomic E-state index is 13.3. The van der Waals surface area contributed by atoms with Crippen LogP contribution >= 0.6 is 22.7 Å². The van der Waals surface area contributed by atoms with Crippen LogP contribution in [0, 0.1) is 0 Å². The summed E-state index contributed by atoms with van der Waals surface area (Å²) < 4.78 is 2.10. The third-order valence-corrected chi connectivity index (χ3v) is 7.76. The number of carbonyl (C=O) groups is 1. The Bertz CT molecular complexity index is 1440. The summed E-state index contributed by atoms with van der Waals surface area (Å²) in [5.74, 6) is 1.56. The van der Waals surface area contributed by atoms with Gasteiger partial charge in [-0.15, -0.1) is 21.5 Å². The van der Waals surface area contributed by atoms with Gasteiger partial charge in [0, 0.05) is 29.6 Å². The molecule has 0 radical (unpaired) electrons. The number of hydrogen-bond acceptors (Lipinski definition) is 6. The van der Waals surface area contributed by atoms with Gasteiger partial charge in [-0.2, -0.15) is 11.3 Å². The minimum atomic E-state index is -0.175. The zero-order chi connectivity index (χ0) is 23.1. The quantitative estimate of drug-likeness (QED) is 0.314. The molecule has 0 aliphatic carbocycles. The van der Waals surface area contributed by atoms with Crippen molar-refractivity contribution in [3.8, 4) is 33.2 Å². The minimum Gasteiger partial charge on any atom is -0.327 e. The van der Waals surface area contributed by atoms with Gasteiger partial charge in [-0.05, 0) is 47.0 Å². The summed E-state index contributed by atoms with van der Waals surface area (Å²) in [6.45, 7) is 3.25. The van der Waals surface area contributed by atoms with Crippen molar-refractivity contribution in [2.75, 3.05) is 6.54 Å². The Morgan fingerprint density at radius 1 is 0.912 bits per heavy atom. The van der Waals surface area contributed by atoms with Gasteiger partial charge >= 0.3 is 0 Å². The Labute approximate surface area is 205 Å². The fraction of sp³-hybridized carbons (Fsp3) is 0.154. The molecule has 1 aliphatic rings. The zero-order valence-electron chi connectivity index (χ0n) is 18.5. The molecule has 0 spiro atoms. The van der Waals surface area contributed by atoms with Crippen molar-refractivity contribution < 1.29 is 4.79 Å². The number of thiophene rings is 1. The second-order valence-corrected chi connectivity index (χ2v) is 9.84. The molecule has 34 heavy (non-hydrogen) atoms. The Hall–Kier alpha value is -3.62. The summed E-state index contributed by atoms with van der Waals surface area (Å²) in [5.41, 5.74) is 4.89. The van der Waals surface area contributed by atoms with E-state index in [4.69, 9.17) is 4.98 Å². The number of carbonyl (C=O) groups excluding carboxylic acids is 1. The average Bonchev–Trinajstić information content (AvgIpc) is 3.65. The first-order valence-corrected chi connectivity index (χ1v) is 12.9. The van der Waals surface area contributed by atoms with E-state index in [2.05, 4.69) is 43.7 Å². The van der Waals surface area contributed by atoms with E-state index in [9.17, 15) is 4.79 Å². The summed E-state index contributed by atoms with van der Waals surface area (Å²) in [7, 11) is 0. The number of rotatable bonds is 4. The Morgan fingerprint density at radius 3 is 2.50 bits per heavy atom. The molecular formula is C26H21N5OS2. The molecule has 5 aromatic rings. The van der Waals surface area contributed by atoms with Crippen molar-refractivity contribution in [1.82, 2.24) is 24.6 Å². The van der Waals surface area contributed by atoms with Crippen LogP contribution in [0.5, 0.6) is 0 Å². The number of benzene rings is 2. The molecule has 0 saturated heterocycles. The summed E-state index contributed by atoms with van der Waals surface area (Å²) in [6.07, 6.45) is 0. The molecule has 1 aliphatic heterocycles. The van der Waals surface area contributed by atoms with Crippen LogP contribution in [0.25, 0.3) is 33.2 Å². The van der Waals surface area contributed by atoms with E-state index in [-0.39, 0.29) is 11.9 Å². The Morgan fingerprint density at radius 2 is 1.74 bits per heavy atom. The predicted molar refractivity (Wildman–Crippen MR) is 136 cm³/mol. The molecule has 0 bridgehead atoms. The van der Waals surface area contributed by atoms with E-state index in [1.165, 1.54) is 5.56 Å². The molecule has 1 unspecified atom stereocenters. The second kappa shape index (κ2) is 8.62. The summed E-state index contributed by atoms with van der Waals surface area (Å²) in [4.78, 5) is 20.0. The van der Waals surface area contributed by atoms with Gasteiger partial charge in [-0.1, -0.05) is 42.5 Å². The molecule has 0 fully saturated rings. The van der Waals surface area contributed by atoms with Gasteiger partial charge < -0.3 is 9.47 Å². The number of amides is 1. The molecule has 1 amide bonds. The van der Waals surface area contributed by atoms with Crippen molar-refractivity contribution in [3.05, 3.63) is 88.2 Å². The smallest absolute Gasteiger partial charge is 0.254 e. The van der Waals surface area contributed by atoms with Gasteiger partial charge in [0.2, 0.25) is 0 Å². The lowest BCUT2D eigenvalue weighted by molar-refractivity contribution is 0.0638. The molecule has 1 atom stereocenters. The highest BCUT2D eigenvalue weighted by Crippen LogP contribution is 2.32. The van der Waals surface area contributed by atoms with Gasteiger partial charge in [0.1, 0.15) is 10.7 Å². The largest absolute Gasteiger partial charge is 0.327 e. The highest BCUT2D eigenvalue weighted by atomic mass is 32.1. The lowest BCUT2D eigenvalue weighted by atomic mass is 10.1. The van der Waals surface area contributed by atoms with E-state index in [0.29, 0.717) is 18.7 Å². The Kier molecular flexibility index (Phi) is 5.31. The van der Waals surface area contributed by atoms with Crippen molar-refractivity contribution in [2.24, 2.45) is 0 Å². The zero-order valence-corrected chi connectivity index (χ0v) is 20.1. The predicted octanol–water partition coefficient (Wildman–Crippen LogP) is 6.01. The van der Waals surface area contributed by atoms with Crippen LogP contribution in [0.3, 0.4) is 0 Å². The van der Waals surface area contributed by atoms with E-state index < -0.39 is 0 Å². The monoisotopic (exact) mass is 483 g/mol. The first-order chi connectivity index (χ1) is 16.7. The van der Waals surface area contributed by atoms with E-state index >= 15 is 0 Å². The van der Waals surface area contributed by atoms with Gasteiger partial charge in [0.05, 0.1) is 6.04 Å². The van der Waals surface area contributed by atoms with E-state index in [0.717, 1.165) is 33.5 Å². The normalized spacial score (nSPS) is 15.3. The van der Waals surface area contributed by atoms with Crippen molar-refractivity contribution in [2.45, 2.75) is 19.5 Å². The second-order valence-electron chi connectivity index (χ2n) is 8.20. The average molecular weight is 484 g/mol. The minimum absolute atomic E-state index is 0.0141. The number of nitrogens with zero attached hydrogens (tertiary/aromatic N) is 5. The van der Waals surface area contributed by atoms with Gasteiger partial charge in [0.15, 0.2) is 11.6 Å². The first kappa shape index (κ1) is 20.9. The van der Waals surface area contributed by atoms with Gasteiger partial charge in [-0.3, -0.25) is 4.79 Å². The molecular weight excluding hydrogens is 462 g/mol. The highest BCUT2D eigenvalue weighted by molar-refractivity contribution is 7.13. The van der Waals surface area contributed by atoms with Gasteiger partial charge in [-0.25, -0.2) is 4.98 Å². The van der Waals surface area contributed by atoms with Crippen molar-refractivity contribution in [3.63, 3.8) is 0 Å². The molecule has 2 aromatic carbocycles. The van der Waals surface area contributed by atoms with Crippen LogP contribution in [-0.4, -0.2) is 37.1 Å². The molecule has 4 heterocycles. The number of aromatic nitrogens is 4. The fourth-order valence-electron chi connectivity index (χ4n) is 4.34. The van der Waals surface area contributed by atoms with Crippen LogP contribution in [0.15, 0.2) is 76.8 Å². The third-order valence-electron chi connectivity index (χ3n) is 6.19. The SMILES string of the molecule is CC1c2nnc(-c3csc(-c4ccccc4)n3)n2CCN1C(=O)c1ccc(-c2ccsc2)cc1. The maximum atomic E-state index is 13.3. The number of thiazole rings is 1. The molecule has 8 heteroatoms. The summed E-state index contributed by atoms with van der Waals surface area (Å²) in [6, 6.07) is 19.9. The van der Waals surface area contributed by atoms with E-state index in [1.807, 2.05) is 59.7 Å². The molecule has 168 valence electrons. The maximum Gasteiger partial charge on any atom is 0.254 e. The van der Waals surface area contributed by atoms with Crippen molar-refractivity contribution in [1.29, 1.82) is 0 Å². The van der Waals surface area contributed by atoms with Crippen LogP contribution in [-0.2, 0) is 6.54 Å². The molecule has 3 aromatic heterocycles. The van der Waals surface area contributed by atoms with Crippen molar-refractivity contribution >= 4 is 28.6 Å². The van der Waals surface area contributed by atoms with Crippen LogP contribution < -0.4 is 0 Å². The summed E-state index contributed by atoms with van der Waals surface area (Å²) in [5, 5.41) is 16.1. The topological polar surface area (TPSA) is 63.9 Å². The lowest BCUT2D eigenvalue weighted by Crippen LogP contribution is -2.41. The van der Waals surface area contributed by atoms with Crippen LogP contribution in [0.2, 0.25) is 0 Å². The van der Waals surface area contributed by atoms with Crippen LogP contribution in [0.4, 0.5) is 0 Å². The number of fused-ring (bicyclic) bond motifs is 1. The van der Waals surface area contributed by atoms with E-state index in [1.54, 1.807) is 22.7 Å². The fourth-order valence-corrected chi connectivity index (χ4v) is 5.81.